The predicted molar refractivity (Wildman–Crippen MR) is 64.0 cm³/mol. The molecule has 1 aromatic rings. The fourth-order valence-electron chi connectivity index (χ4n) is 1.03. The van der Waals surface area contributed by atoms with Crippen LogP contribution in [0.3, 0.4) is 0 Å². The van der Waals surface area contributed by atoms with Crippen molar-refractivity contribution < 1.29 is 14.3 Å². The van der Waals surface area contributed by atoms with E-state index >= 15 is 0 Å². The lowest BCUT2D eigenvalue weighted by molar-refractivity contribution is -0.132. The van der Waals surface area contributed by atoms with Gasteiger partial charge < -0.3 is 10.4 Å². The van der Waals surface area contributed by atoms with Crippen LogP contribution >= 0.6 is 15.9 Å². The van der Waals surface area contributed by atoms with Crippen molar-refractivity contribution in [1.82, 2.24) is 0 Å². The highest BCUT2D eigenvalue weighted by Gasteiger charge is 2.01. The molecule has 16 heavy (non-hydrogen) atoms. The molecule has 1 aromatic carbocycles. The van der Waals surface area contributed by atoms with Crippen molar-refractivity contribution in [2.75, 3.05) is 11.9 Å². The third-order valence-electron chi connectivity index (χ3n) is 1.97. The van der Waals surface area contributed by atoms with E-state index < -0.39 is 5.97 Å². The van der Waals surface area contributed by atoms with E-state index in [0.29, 0.717) is 12.2 Å². The molecule has 2 N–H and O–H groups in total. The van der Waals surface area contributed by atoms with Gasteiger partial charge in [-0.15, -0.1) is 0 Å². The number of hydrogen-bond acceptors (Lipinski definition) is 2. The highest BCUT2D eigenvalue weighted by atomic mass is 79.9. The van der Waals surface area contributed by atoms with Gasteiger partial charge in [-0.05, 0) is 41.1 Å². The van der Waals surface area contributed by atoms with Gasteiger partial charge in [0.25, 0.3) is 0 Å². The van der Waals surface area contributed by atoms with Crippen molar-refractivity contribution in [2.24, 2.45) is 0 Å². The monoisotopic (exact) mass is 287 g/mol. The van der Waals surface area contributed by atoms with E-state index in [9.17, 15) is 9.18 Å². The topological polar surface area (TPSA) is 49.3 Å². The first-order chi connectivity index (χ1) is 7.50. The standard InChI is InChI=1S/C11H11BrFNO2/c1-7(11(15)16)4-5-14-10-6-8(13)2-3-9(10)12/h2-4,6,14H,5H2,1H3,(H,15,16)/b7-4-. The van der Waals surface area contributed by atoms with E-state index in [0.717, 1.165) is 4.47 Å². The Hall–Kier alpha value is -1.36. The number of hydrogen-bond donors (Lipinski definition) is 2. The molecule has 0 amide bonds. The van der Waals surface area contributed by atoms with Gasteiger partial charge >= 0.3 is 5.97 Å². The molecule has 0 saturated heterocycles. The van der Waals surface area contributed by atoms with Crippen LogP contribution in [0.15, 0.2) is 34.3 Å². The molecular weight excluding hydrogens is 277 g/mol. The second-order valence-corrected chi connectivity index (χ2v) is 4.05. The molecule has 0 spiro atoms. The maximum atomic E-state index is 12.9. The Kier molecular flexibility index (Phi) is 4.49. The molecule has 0 aliphatic rings. The summed E-state index contributed by atoms with van der Waals surface area (Å²) in [5, 5.41) is 11.5. The molecule has 0 fully saturated rings. The number of carboxylic acids is 1. The van der Waals surface area contributed by atoms with Gasteiger partial charge in [0, 0.05) is 16.6 Å². The Bertz CT molecular complexity index is 432. The Labute approximate surface area is 101 Å². The Morgan fingerprint density at radius 3 is 2.94 bits per heavy atom. The number of nitrogens with one attached hydrogen (secondary N) is 1. The zero-order chi connectivity index (χ0) is 12.1. The van der Waals surface area contributed by atoms with Gasteiger partial charge in [0.2, 0.25) is 0 Å². The van der Waals surface area contributed by atoms with Gasteiger partial charge in [0.1, 0.15) is 5.82 Å². The zero-order valence-electron chi connectivity index (χ0n) is 8.63. The van der Waals surface area contributed by atoms with E-state index in [2.05, 4.69) is 21.2 Å². The van der Waals surface area contributed by atoms with Crippen LogP contribution in [-0.2, 0) is 4.79 Å². The molecule has 0 aliphatic carbocycles. The Balaban J connectivity index is 2.65. The number of halogens is 2. The number of carbonyl (C=O) groups is 1. The third kappa shape index (κ3) is 3.66. The zero-order valence-corrected chi connectivity index (χ0v) is 10.2. The minimum atomic E-state index is -0.958. The van der Waals surface area contributed by atoms with E-state index in [4.69, 9.17) is 5.11 Å². The van der Waals surface area contributed by atoms with Crippen LogP contribution in [0.1, 0.15) is 6.92 Å². The number of benzene rings is 1. The molecule has 5 heteroatoms. The van der Waals surface area contributed by atoms with Crippen molar-refractivity contribution in [3.05, 3.63) is 40.1 Å². The summed E-state index contributed by atoms with van der Waals surface area (Å²) in [7, 11) is 0. The van der Waals surface area contributed by atoms with E-state index in [-0.39, 0.29) is 11.4 Å². The van der Waals surface area contributed by atoms with Gasteiger partial charge in [0.15, 0.2) is 0 Å². The summed E-state index contributed by atoms with van der Waals surface area (Å²) in [6, 6.07) is 4.27. The van der Waals surface area contributed by atoms with Crippen LogP contribution in [0.4, 0.5) is 10.1 Å². The van der Waals surface area contributed by atoms with Crippen LogP contribution < -0.4 is 5.32 Å². The Morgan fingerprint density at radius 1 is 1.62 bits per heavy atom. The van der Waals surface area contributed by atoms with Gasteiger partial charge in [0.05, 0.1) is 5.69 Å². The minimum Gasteiger partial charge on any atom is -0.478 e. The molecule has 0 heterocycles. The van der Waals surface area contributed by atoms with Crippen LogP contribution in [0.2, 0.25) is 0 Å². The number of carboxylic acid groups (broad SMARTS) is 1. The van der Waals surface area contributed by atoms with Crippen LogP contribution in [-0.4, -0.2) is 17.6 Å². The average Bonchev–Trinajstić information content (AvgIpc) is 2.22. The molecule has 0 aromatic heterocycles. The fraction of sp³-hybridized carbons (Fsp3) is 0.182. The molecule has 3 nitrogen and oxygen atoms in total. The van der Waals surface area contributed by atoms with Crippen molar-refractivity contribution in [2.45, 2.75) is 6.92 Å². The summed E-state index contributed by atoms with van der Waals surface area (Å²) < 4.78 is 13.6. The van der Waals surface area contributed by atoms with Crippen molar-refractivity contribution in [3.8, 4) is 0 Å². The number of rotatable bonds is 4. The van der Waals surface area contributed by atoms with E-state index in [1.807, 2.05) is 0 Å². The van der Waals surface area contributed by atoms with Crippen LogP contribution in [0, 0.1) is 5.82 Å². The first kappa shape index (κ1) is 12.7. The number of aliphatic carboxylic acids is 1. The molecule has 1 rings (SSSR count). The summed E-state index contributed by atoms with van der Waals surface area (Å²) in [6.45, 7) is 1.84. The first-order valence-electron chi connectivity index (χ1n) is 4.59. The van der Waals surface area contributed by atoms with Crippen molar-refractivity contribution in [1.29, 1.82) is 0 Å². The summed E-state index contributed by atoms with van der Waals surface area (Å²) in [5.41, 5.74) is 0.842. The summed E-state index contributed by atoms with van der Waals surface area (Å²) in [4.78, 5) is 10.5. The smallest absolute Gasteiger partial charge is 0.331 e. The predicted octanol–water partition coefficient (Wildman–Crippen LogP) is 3.03. The molecule has 0 atom stereocenters. The Morgan fingerprint density at radius 2 is 2.31 bits per heavy atom. The van der Waals surface area contributed by atoms with Gasteiger partial charge in [-0.2, -0.15) is 0 Å². The van der Waals surface area contributed by atoms with E-state index in [1.54, 1.807) is 6.07 Å². The fourth-order valence-corrected chi connectivity index (χ4v) is 1.42. The third-order valence-corrected chi connectivity index (χ3v) is 2.66. The molecule has 0 saturated carbocycles. The maximum Gasteiger partial charge on any atom is 0.331 e. The SMILES string of the molecule is C/C(=C/CNc1cc(F)ccc1Br)C(=O)O. The second kappa shape index (κ2) is 5.65. The molecule has 0 unspecified atom stereocenters. The molecule has 0 radical (unpaired) electrons. The highest BCUT2D eigenvalue weighted by molar-refractivity contribution is 9.10. The molecule has 86 valence electrons. The lowest BCUT2D eigenvalue weighted by Gasteiger charge is -2.06. The average molecular weight is 288 g/mol. The molecule has 0 bridgehead atoms. The largest absolute Gasteiger partial charge is 0.478 e. The molecule has 0 aliphatic heterocycles. The lowest BCUT2D eigenvalue weighted by atomic mass is 10.2. The van der Waals surface area contributed by atoms with Gasteiger partial charge in [-0.1, -0.05) is 6.08 Å². The maximum absolute atomic E-state index is 12.9. The van der Waals surface area contributed by atoms with Crippen molar-refractivity contribution >= 4 is 27.6 Å². The first-order valence-corrected chi connectivity index (χ1v) is 5.39. The van der Waals surface area contributed by atoms with Gasteiger partial charge in [-0.25, -0.2) is 9.18 Å². The minimum absolute atomic E-state index is 0.250. The van der Waals surface area contributed by atoms with Gasteiger partial charge in [-0.3, -0.25) is 0 Å². The lowest BCUT2D eigenvalue weighted by Crippen LogP contribution is -2.03. The summed E-state index contributed by atoms with van der Waals surface area (Å²) >= 11 is 3.26. The normalized spacial score (nSPS) is 11.3. The van der Waals surface area contributed by atoms with Crippen LogP contribution in [0.5, 0.6) is 0 Å². The summed E-state index contributed by atoms with van der Waals surface area (Å²) in [6.07, 6.45) is 1.53. The van der Waals surface area contributed by atoms with E-state index in [1.165, 1.54) is 25.1 Å². The quantitative estimate of drug-likeness (QED) is 0.837. The second-order valence-electron chi connectivity index (χ2n) is 3.20. The van der Waals surface area contributed by atoms with Crippen LogP contribution in [0.25, 0.3) is 0 Å². The highest BCUT2D eigenvalue weighted by Crippen LogP contribution is 2.22. The van der Waals surface area contributed by atoms with Crippen molar-refractivity contribution in [3.63, 3.8) is 0 Å². The molecular formula is C11H11BrFNO2. The summed E-state index contributed by atoms with van der Waals surface area (Å²) in [5.74, 6) is -1.30. The number of anilines is 1.